The second-order valence-corrected chi connectivity index (χ2v) is 7.27. The average Bonchev–Trinajstić information content (AvgIpc) is 2.99. The van der Waals surface area contributed by atoms with Gasteiger partial charge in [0.05, 0.1) is 24.6 Å². The van der Waals surface area contributed by atoms with Gasteiger partial charge in [-0.2, -0.15) is 0 Å². The van der Waals surface area contributed by atoms with Gasteiger partial charge in [-0.15, -0.1) is 0 Å². The van der Waals surface area contributed by atoms with E-state index in [9.17, 15) is 0 Å². The van der Waals surface area contributed by atoms with Gasteiger partial charge in [0.1, 0.15) is 0 Å². The topological polar surface area (TPSA) is 47.0 Å². The number of hydrogen-bond acceptors (Lipinski definition) is 4. The molecule has 144 valence electrons. The maximum absolute atomic E-state index is 5.99. The molecule has 1 aromatic carbocycles. The molecule has 0 amide bonds. The summed E-state index contributed by atoms with van der Waals surface area (Å²) in [5.74, 6) is 0. The molecule has 0 saturated heterocycles. The van der Waals surface area contributed by atoms with Crippen LogP contribution in [0.15, 0.2) is 54.9 Å². The van der Waals surface area contributed by atoms with Crippen molar-refractivity contribution in [1.82, 2.24) is 9.97 Å². The Morgan fingerprint density at radius 2 is 1.96 bits per heavy atom. The van der Waals surface area contributed by atoms with Gasteiger partial charge in [-0.05, 0) is 67.1 Å². The lowest BCUT2D eigenvalue weighted by molar-refractivity contribution is 0.104. The van der Waals surface area contributed by atoms with Gasteiger partial charge >= 0.3 is 0 Å². The van der Waals surface area contributed by atoms with Crippen LogP contribution >= 0.6 is 0 Å². The van der Waals surface area contributed by atoms with Crippen LogP contribution in [0.4, 0.5) is 5.69 Å². The quantitative estimate of drug-likeness (QED) is 0.647. The lowest BCUT2D eigenvalue weighted by Crippen LogP contribution is -2.01. The number of nitrogens with zero attached hydrogens (tertiary/aromatic N) is 2. The highest BCUT2D eigenvalue weighted by Crippen LogP contribution is 2.29. The number of ether oxygens (including phenoxy) is 1. The predicted octanol–water partition coefficient (Wildman–Crippen LogP) is 5.17. The van der Waals surface area contributed by atoms with Crippen LogP contribution in [-0.4, -0.2) is 16.5 Å². The SMILES string of the molecule is CCc1ccnc(COCc2cccnc2-c2ccc3c(c2)CCCCN3)c1. The lowest BCUT2D eigenvalue weighted by atomic mass is 10.00. The lowest BCUT2D eigenvalue weighted by Gasteiger charge is -2.13. The maximum atomic E-state index is 5.99. The fourth-order valence-corrected chi connectivity index (χ4v) is 3.69. The largest absolute Gasteiger partial charge is 0.385 e. The number of pyridine rings is 2. The van der Waals surface area contributed by atoms with Crippen molar-refractivity contribution in [2.45, 2.75) is 45.8 Å². The van der Waals surface area contributed by atoms with E-state index in [0.29, 0.717) is 13.2 Å². The minimum Gasteiger partial charge on any atom is -0.385 e. The Balaban J connectivity index is 1.50. The molecule has 3 aromatic rings. The van der Waals surface area contributed by atoms with Gasteiger partial charge in [0.25, 0.3) is 0 Å². The molecular formula is C24H27N3O. The number of nitrogens with one attached hydrogen (secondary N) is 1. The Hall–Kier alpha value is -2.72. The third kappa shape index (κ3) is 4.39. The Bertz CT molecular complexity index is 939. The molecular weight excluding hydrogens is 346 g/mol. The van der Waals surface area contributed by atoms with Crippen molar-refractivity contribution in [3.05, 3.63) is 77.2 Å². The minimum absolute atomic E-state index is 0.510. The highest BCUT2D eigenvalue weighted by molar-refractivity contribution is 5.68. The summed E-state index contributed by atoms with van der Waals surface area (Å²) in [4.78, 5) is 9.07. The number of aromatic nitrogens is 2. The minimum atomic E-state index is 0.510. The van der Waals surface area contributed by atoms with Gasteiger partial charge in [-0.3, -0.25) is 9.97 Å². The van der Waals surface area contributed by atoms with Gasteiger partial charge in [0.15, 0.2) is 0 Å². The fraction of sp³-hybridized carbons (Fsp3) is 0.333. The van der Waals surface area contributed by atoms with Gasteiger partial charge < -0.3 is 10.1 Å². The van der Waals surface area contributed by atoms with Crippen molar-refractivity contribution in [1.29, 1.82) is 0 Å². The third-order valence-electron chi connectivity index (χ3n) is 5.26. The zero-order valence-corrected chi connectivity index (χ0v) is 16.4. The van der Waals surface area contributed by atoms with Crippen LogP contribution in [0.5, 0.6) is 0 Å². The second kappa shape index (κ2) is 8.98. The average molecular weight is 374 g/mol. The Labute approximate surface area is 167 Å². The molecule has 4 nitrogen and oxygen atoms in total. The van der Waals surface area contributed by atoms with Crippen molar-refractivity contribution in [3.8, 4) is 11.3 Å². The molecule has 0 bridgehead atoms. The zero-order valence-electron chi connectivity index (χ0n) is 16.4. The van der Waals surface area contributed by atoms with E-state index in [0.717, 1.165) is 41.9 Å². The van der Waals surface area contributed by atoms with Gasteiger partial charge in [-0.25, -0.2) is 0 Å². The fourth-order valence-electron chi connectivity index (χ4n) is 3.69. The van der Waals surface area contributed by atoms with Crippen molar-refractivity contribution in [2.75, 3.05) is 11.9 Å². The third-order valence-corrected chi connectivity index (χ3v) is 5.26. The molecule has 0 atom stereocenters. The van der Waals surface area contributed by atoms with Crippen LogP contribution in [0.3, 0.4) is 0 Å². The van der Waals surface area contributed by atoms with E-state index in [1.807, 2.05) is 18.5 Å². The van der Waals surface area contributed by atoms with E-state index in [1.165, 1.54) is 29.7 Å². The van der Waals surface area contributed by atoms with Gasteiger partial charge in [-0.1, -0.05) is 19.1 Å². The molecule has 0 fully saturated rings. The van der Waals surface area contributed by atoms with Crippen LogP contribution in [0, 0.1) is 0 Å². The van der Waals surface area contributed by atoms with Crippen molar-refractivity contribution in [3.63, 3.8) is 0 Å². The molecule has 1 aliphatic rings. The molecule has 0 spiro atoms. The van der Waals surface area contributed by atoms with Crippen molar-refractivity contribution in [2.24, 2.45) is 0 Å². The van der Waals surface area contributed by atoms with E-state index < -0.39 is 0 Å². The van der Waals surface area contributed by atoms with E-state index in [4.69, 9.17) is 4.74 Å². The summed E-state index contributed by atoms with van der Waals surface area (Å²) in [5.41, 5.74) is 8.17. The van der Waals surface area contributed by atoms with E-state index in [-0.39, 0.29) is 0 Å². The Kier molecular flexibility index (Phi) is 5.98. The molecule has 4 rings (SSSR count). The first kappa shape index (κ1) is 18.6. The number of rotatable bonds is 6. The van der Waals surface area contributed by atoms with E-state index >= 15 is 0 Å². The van der Waals surface area contributed by atoms with Crippen molar-refractivity contribution < 1.29 is 4.74 Å². The molecule has 3 heterocycles. The Morgan fingerprint density at radius 3 is 2.89 bits per heavy atom. The molecule has 4 heteroatoms. The molecule has 0 radical (unpaired) electrons. The highest BCUT2D eigenvalue weighted by atomic mass is 16.5. The summed E-state index contributed by atoms with van der Waals surface area (Å²) < 4.78 is 5.99. The molecule has 0 aliphatic carbocycles. The summed E-state index contributed by atoms with van der Waals surface area (Å²) in [6.45, 7) is 4.24. The molecule has 2 aromatic heterocycles. The van der Waals surface area contributed by atoms with Crippen LogP contribution < -0.4 is 5.32 Å². The number of hydrogen-bond donors (Lipinski definition) is 1. The normalized spacial score (nSPS) is 13.5. The number of fused-ring (bicyclic) bond motifs is 1. The van der Waals surface area contributed by atoms with E-state index in [2.05, 4.69) is 58.6 Å². The van der Waals surface area contributed by atoms with Crippen molar-refractivity contribution >= 4 is 5.69 Å². The zero-order chi connectivity index (χ0) is 19.2. The Morgan fingerprint density at radius 1 is 1.00 bits per heavy atom. The van der Waals surface area contributed by atoms with Crippen LogP contribution in [0.25, 0.3) is 11.3 Å². The summed E-state index contributed by atoms with van der Waals surface area (Å²) in [5, 5.41) is 3.53. The molecule has 28 heavy (non-hydrogen) atoms. The van der Waals surface area contributed by atoms with E-state index in [1.54, 1.807) is 0 Å². The summed E-state index contributed by atoms with van der Waals surface area (Å²) in [6.07, 6.45) is 8.29. The summed E-state index contributed by atoms with van der Waals surface area (Å²) in [6, 6.07) is 14.9. The van der Waals surface area contributed by atoms with Gasteiger partial charge in [0.2, 0.25) is 0 Å². The first-order chi connectivity index (χ1) is 13.8. The van der Waals surface area contributed by atoms with Crippen LogP contribution in [-0.2, 0) is 30.8 Å². The first-order valence-electron chi connectivity index (χ1n) is 10.2. The standard InChI is InChI=1S/C24H27N3O/c1-2-18-10-13-25-22(14-18)17-28-16-21-7-5-12-27-24(21)20-8-9-23-19(15-20)6-3-4-11-26-23/h5,7-10,12-15,26H,2-4,6,11,16-17H2,1H3. The molecule has 0 saturated carbocycles. The van der Waals surface area contributed by atoms with Crippen LogP contribution in [0.1, 0.15) is 42.1 Å². The van der Waals surface area contributed by atoms with Gasteiger partial charge in [0, 0.05) is 35.8 Å². The monoisotopic (exact) mass is 373 g/mol. The molecule has 1 N–H and O–H groups in total. The molecule has 1 aliphatic heterocycles. The van der Waals surface area contributed by atoms with Crippen LogP contribution in [0.2, 0.25) is 0 Å². The highest BCUT2D eigenvalue weighted by Gasteiger charge is 2.12. The summed E-state index contributed by atoms with van der Waals surface area (Å²) >= 11 is 0. The maximum Gasteiger partial charge on any atom is 0.0892 e. The number of benzene rings is 1. The number of aryl methyl sites for hydroxylation is 2. The smallest absolute Gasteiger partial charge is 0.0892 e. The first-order valence-corrected chi connectivity index (χ1v) is 10.2. The second-order valence-electron chi connectivity index (χ2n) is 7.27. The number of anilines is 1. The summed E-state index contributed by atoms with van der Waals surface area (Å²) in [7, 11) is 0. The molecule has 0 unspecified atom stereocenters. The predicted molar refractivity (Wildman–Crippen MR) is 113 cm³/mol.